The molecule has 0 unspecified atom stereocenters. The first-order chi connectivity index (χ1) is 14.9. The lowest BCUT2D eigenvalue weighted by atomic mass is 10.1. The van der Waals surface area contributed by atoms with E-state index in [1.54, 1.807) is 13.2 Å². The number of anilines is 3. The number of pyridine rings is 1. The summed E-state index contributed by atoms with van der Waals surface area (Å²) in [4.78, 5) is 17.2. The van der Waals surface area contributed by atoms with Crippen LogP contribution in [0.3, 0.4) is 0 Å². The molecule has 0 spiro atoms. The van der Waals surface area contributed by atoms with Crippen molar-refractivity contribution in [2.75, 3.05) is 17.7 Å². The lowest BCUT2D eigenvalue weighted by Gasteiger charge is -2.12. The van der Waals surface area contributed by atoms with Gasteiger partial charge in [-0.05, 0) is 79.2 Å². The van der Waals surface area contributed by atoms with Crippen molar-refractivity contribution in [1.82, 2.24) is 4.98 Å². The Morgan fingerprint density at radius 3 is 2.45 bits per heavy atom. The molecule has 4 rings (SSSR count). The first-order valence-corrected chi connectivity index (χ1v) is 9.89. The molecule has 156 valence electrons. The van der Waals surface area contributed by atoms with Crippen molar-refractivity contribution in [3.8, 4) is 5.75 Å². The minimum Gasteiger partial charge on any atom is -0.497 e. The summed E-state index contributed by atoms with van der Waals surface area (Å²) in [6.07, 6.45) is 0. The Labute approximate surface area is 183 Å². The first kappa shape index (κ1) is 20.6. The predicted molar refractivity (Wildman–Crippen MR) is 122 cm³/mol. The summed E-state index contributed by atoms with van der Waals surface area (Å²) >= 11 is 5.99. The fraction of sp³-hybridized carbons (Fsp3) is 0.0833. The van der Waals surface area contributed by atoms with Crippen LogP contribution in [-0.4, -0.2) is 18.0 Å². The van der Waals surface area contributed by atoms with E-state index in [2.05, 4.69) is 15.6 Å². The molecule has 0 fully saturated rings. The number of carbonyl (C=O) groups excluding carboxylic acids is 1. The number of amides is 1. The van der Waals surface area contributed by atoms with Crippen LogP contribution in [0.15, 0.2) is 66.7 Å². The van der Waals surface area contributed by atoms with Crippen molar-refractivity contribution in [1.29, 1.82) is 0 Å². The zero-order chi connectivity index (χ0) is 22.0. The normalized spacial score (nSPS) is 10.7. The van der Waals surface area contributed by atoms with Crippen LogP contribution in [-0.2, 0) is 0 Å². The average Bonchev–Trinajstić information content (AvgIpc) is 2.74. The summed E-state index contributed by atoms with van der Waals surface area (Å²) in [5.74, 6) is 0.593. The molecule has 0 bridgehead atoms. The molecule has 1 amide bonds. The van der Waals surface area contributed by atoms with Gasteiger partial charge >= 0.3 is 0 Å². The number of ether oxygens (including phenoxy) is 1. The van der Waals surface area contributed by atoms with Crippen LogP contribution in [0.25, 0.3) is 10.9 Å². The second-order valence-electron chi connectivity index (χ2n) is 6.99. The standard InChI is InChI=1S/C24H19ClFN3O2/c1-14-11-23(27-16-4-7-18(31-2)8-5-16)29-22-10-6-17(13-20(14)22)28-24(30)19-9-3-15(26)12-21(19)25/h3-13H,1-2H3,(H,27,29)(H,28,30). The second kappa shape index (κ2) is 8.62. The maximum Gasteiger partial charge on any atom is 0.257 e. The van der Waals surface area contributed by atoms with Gasteiger partial charge in [0.2, 0.25) is 0 Å². The Balaban J connectivity index is 1.57. The van der Waals surface area contributed by atoms with Crippen molar-refractivity contribution in [2.45, 2.75) is 6.92 Å². The van der Waals surface area contributed by atoms with Gasteiger partial charge in [-0.15, -0.1) is 0 Å². The Kier molecular flexibility index (Phi) is 5.73. The summed E-state index contributed by atoms with van der Waals surface area (Å²) in [5.41, 5.74) is 3.48. The van der Waals surface area contributed by atoms with E-state index in [-0.39, 0.29) is 10.6 Å². The second-order valence-corrected chi connectivity index (χ2v) is 7.40. The molecule has 0 radical (unpaired) electrons. The number of halogens is 2. The van der Waals surface area contributed by atoms with Crippen molar-refractivity contribution in [3.63, 3.8) is 0 Å². The molecule has 2 N–H and O–H groups in total. The highest BCUT2D eigenvalue weighted by molar-refractivity contribution is 6.34. The molecule has 5 nitrogen and oxygen atoms in total. The van der Waals surface area contributed by atoms with E-state index in [0.29, 0.717) is 11.5 Å². The van der Waals surface area contributed by atoms with Crippen molar-refractivity contribution >= 4 is 45.6 Å². The van der Waals surface area contributed by atoms with E-state index < -0.39 is 11.7 Å². The van der Waals surface area contributed by atoms with Gasteiger partial charge in [0, 0.05) is 16.8 Å². The monoisotopic (exact) mass is 435 g/mol. The minimum atomic E-state index is -0.493. The SMILES string of the molecule is COc1ccc(Nc2cc(C)c3cc(NC(=O)c4ccc(F)cc4Cl)ccc3n2)cc1. The highest BCUT2D eigenvalue weighted by Gasteiger charge is 2.12. The first-order valence-electron chi connectivity index (χ1n) is 9.52. The predicted octanol–water partition coefficient (Wildman–Crippen LogP) is 6.34. The van der Waals surface area contributed by atoms with Crippen LogP contribution >= 0.6 is 11.6 Å². The van der Waals surface area contributed by atoms with E-state index in [1.807, 2.05) is 49.4 Å². The van der Waals surface area contributed by atoms with E-state index in [0.717, 1.165) is 34.0 Å². The third-order valence-electron chi connectivity index (χ3n) is 4.81. The molecule has 0 saturated heterocycles. The summed E-state index contributed by atoms with van der Waals surface area (Å²) in [5, 5.41) is 7.05. The average molecular weight is 436 g/mol. The third kappa shape index (κ3) is 4.59. The Hall–Kier alpha value is -3.64. The minimum absolute atomic E-state index is 0.0605. The molecule has 0 saturated carbocycles. The molecule has 0 aliphatic heterocycles. The van der Waals surface area contributed by atoms with Crippen LogP contribution < -0.4 is 15.4 Å². The molecule has 3 aromatic carbocycles. The fourth-order valence-corrected chi connectivity index (χ4v) is 3.48. The quantitative estimate of drug-likeness (QED) is 0.384. The van der Waals surface area contributed by atoms with Gasteiger partial charge in [-0.1, -0.05) is 11.6 Å². The number of nitrogens with zero attached hydrogens (tertiary/aromatic N) is 1. The topological polar surface area (TPSA) is 63.2 Å². The van der Waals surface area contributed by atoms with Crippen LogP contribution in [0, 0.1) is 12.7 Å². The molecule has 7 heteroatoms. The van der Waals surface area contributed by atoms with Crippen LogP contribution in [0.1, 0.15) is 15.9 Å². The van der Waals surface area contributed by atoms with Gasteiger partial charge in [-0.3, -0.25) is 4.79 Å². The van der Waals surface area contributed by atoms with Crippen LogP contribution in [0.2, 0.25) is 5.02 Å². The largest absolute Gasteiger partial charge is 0.497 e. The highest BCUT2D eigenvalue weighted by Crippen LogP contribution is 2.27. The zero-order valence-electron chi connectivity index (χ0n) is 16.9. The van der Waals surface area contributed by atoms with E-state index in [4.69, 9.17) is 16.3 Å². The van der Waals surface area contributed by atoms with Crippen molar-refractivity contribution < 1.29 is 13.9 Å². The van der Waals surface area contributed by atoms with Gasteiger partial charge in [-0.25, -0.2) is 9.37 Å². The molecule has 0 aliphatic carbocycles. The maximum atomic E-state index is 13.2. The van der Waals surface area contributed by atoms with E-state index in [1.165, 1.54) is 12.1 Å². The van der Waals surface area contributed by atoms with Crippen molar-refractivity contribution in [2.24, 2.45) is 0 Å². The maximum absolute atomic E-state index is 13.2. The number of fused-ring (bicyclic) bond motifs is 1. The number of hydrogen-bond acceptors (Lipinski definition) is 4. The molecule has 4 aromatic rings. The van der Waals surface area contributed by atoms with E-state index in [9.17, 15) is 9.18 Å². The molecule has 0 aliphatic rings. The molecule has 1 aromatic heterocycles. The number of hydrogen-bond donors (Lipinski definition) is 2. The summed E-state index contributed by atoms with van der Waals surface area (Å²) in [7, 11) is 1.63. The Morgan fingerprint density at radius 2 is 1.74 bits per heavy atom. The van der Waals surface area contributed by atoms with Crippen LogP contribution in [0.5, 0.6) is 5.75 Å². The van der Waals surface area contributed by atoms with Crippen molar-refractivity contribution in [3.05, 3.63) is 88.7 Å². The number of benzene rings is 3. The highest BCUT2D eigenvalue weighted by atomic mass is 35.5. The molecular weight excluding hydrogens is 417 g/mol. The van der Waals surface area contributed by atoms with Gasteiger partial charge in [0.05, 0.1) is 23.2 Å². The molecule has 0 atom stereocenters. The van der Waals surface area contributed by atoms with E-state index >= 15 is 0 Å². The number of rotatable bonds is 5. The number of aromatic nitrogens is 1. The number of nitrogens with one attached hydrogen (secondary N) is 2. The zero-order valence-corrected chi connectivity index (χ0v) is 17.6. The Morgan fingerprint density at radius 1 is 1.00 bits per heavy atom. The van der Waals surface area contributed by atoms with Gasteiger partial charge in [-0.2, -0.15) is 0 Å². The van der Waals surface area contributed by atoms with Gasteiger partial charge in [0.15, 0.2) is 0 Å². The smallest absolute Gasteiger partial charge is 0.257 e. The lowest BCUT2D eigenvalue weighted by Crippen LogP contribution is -2.12. The van der Waals surface area contributed by atoms with Gasteiger partial charge < -0.3 is 15.4 Å². The Bertz CT molecular complexity index is 1280. The number of carbonyl (C=O) groups is 1. The molecule has 1 heterocycles. The summed E-state index contributed by atoms with van der Waals surface area (Å²) in [6, 6.07) is 18.6. The number of methoxy groups -OCH3 is 1. The van der Waals surface area contributed by atoms with Gasteiger partial charge in [0.25, 0.3) is 5.91 Å². The molecular formula is C24H19ClFN3O2. The third-order valence-corrected chi connectivity index (χ3v) is 5.12. The summed E-state index contributed by atoms with van der Waals surface area (Å²) < 4.78 is 18.4. The van der Waals surface area contributed by atoms with Crippen LogP contribution in [0.4, 0.5) is 21.6 Å². The number of aryl methyl sites for hydroxylation is 1. The molecule has 31 heavy (non-hydrogen) atoms. The lowest BCUT2D eigenvalue weighted by molar-refractivity contribution is 0.102. The fourth-order valence-electron chi connectivity index (χ4n) is 3.23. The summed E-state index contributed by atoms with van der Waals surface area (Å²) in [6.45, 7) is 1.98. The van der Waals surface area contributed by atoms with Gasteiger partial charge in [0.1, 0.15) is 17.4 Å².